The van der Waals surface area contributed by atoms with Gasteiger partial charge in [0.25, 0.3) is 0 Å². The van der Waals surface area contributed by atoms with Gasteiger partial charge < -0.3 is 10.2 Å². The molecule has 0 saturated carbocycles. The van der Waals surface area contributed by atoms with E-state index in [1.54, 1.807) is 6.20 Å². The number of aromatic nitrogens is 2. The van der Waals surface area contributed by atoms with E-state index >= 15 is 0 Å². The van der Waals surface area contributed by atoms with Crippen molar-refractivity contribution in [2.24, 2.45) is 0 Å². The zero-order valence-corrected chi connectivity index (χ0v) is 13.0. The monoisotopic (exact) mass is 296 g/mol. The summed E-state index contributed by atoms with van der Waals surface area (Å²) in [6.07, 6.45) is 6.53. The summed E-state index contributed by atoms with van der Waals surface area (Å²) in [6, 6.07) is 15.3. The van der Waals surface area contributed by atoms with Gasteiger partial charge in [-0.25, -0.2) is 0 Å². The third kappa shape index (κ3) is 4.28. The van der Waals surface area contributed by atoms with Crippen molar-refractivity contribution < 1.29 is 0 Å². The molecule has 1 aliphatic rings. The topological polar surface area (TPSA) is 41.0 Å². The van der Waals surface area contributed by atoms with E-state index in [1.165, 1.54) is 24.8 Å². The van der Waals surface area contributed by atoms with Crippen molar-refractivity contribution >= 4 is 5.82 Å². The van der Waals surface area contributed by atoms with E-state index in [0.29, 0.717) is 6.04 Å². The summed E-state index contributed by atoms with van der Waals surface area (Å²) in [5.74, 6) is 0.998. The lowest BCUT2D eigenvalue weighted by atomic mass is 10.0. The molecule has 0 amide bonds. The molecule has 0 spiro atoms. The summed E-state index contributed by atoms with van der Waals surface area (Å²) in [7, 11) is 0. The Kier molecular flexibility index (Phi) is 5.37. The third-order valence-electron chi connectivity index (χ3n) is 4.22. The Morgan fingerprint density at radius 2 is 2.05 bits per heavy atom. The molecule has 1 fully saturated rings. The van der Waals surface area contributed by atoms with Gasteiger partial charge in [0.1, 0.15) is 0 Å². The Labute approximate surface area is 132 Å². The van der Waals surface area contributed by atoms with Crippen LogP contribution in [0.4, 0.5) is 5.82 Å². The fourth-order valence-electron chi connectivity index (χ4n) is 3.06. The smallest absolute Gasteiger partial charge is 0.151 e. The van der Waals surface area contributed by atoms with E-state index in [0.717, 1.165) is 31.9 Å². The number of nitrogens with zero attached hydrogens (tertiary/aromatic N) is 3. The minimum atomic E-state index is 0.562. The molecule has 1 N–H and O–H groups in total. The lowest BCUT2D eigenvalue weighted by Crippen LogP contribution is -2.46. The van der Waals surface area contributed by atoms with Gasteiger partial charge in [-0.05, 0) is 49.9 Å². The molecule has 2 heterocycles. The van der Waals surface area contributed by atoms with Crippen LogP contribution in [0, 0.1) is 0 Å². The maximum atomic E-state index is 4.22. The van der Waals surface area contributed by atoms with Crippen molar-refractivity contribution in [2.75, 3.05) is 24.5 Å². The Morgan fingerprint density at radius 3 is 2.86 bits per heavy atom. The number of rotatable bonds is 6. The van der Waals surface area contributed by atoms with Crippen molar-refractivity contribution in [2.45, 2.75) is 31.7 Å². The van der Waals surface area contributed by atoms with E-state index < -0.39 is 0 Å². The van der Waals surface area contributed by atoms with Crippen LogP contribution in [0.25, 0.3) is 0 Å². The number of piperidine rings is 1. The second-order valence-corrected chi connectivity index (χ2v) is 5.91. The van der Waals surface area contributed by atoms with Crippen molar-refractivity contribution in [1.29, 1.82) is 0 Å². The fourth-order valence-corrected chi connectivity index (χ4v) is 3.06. The normalized spacial score (nSPS) is 18.4. The highest BCUT2D eigenvalue weighted by Gasteiger charge is 2.20. The molecule has 1 saturated heterocycles. The van der Waals surface area contributed by atoms with Gasteiger partial charge in [-0.1, -0.05) is 30.3 Å². The molecule has 1 aromatic carbocycles. The molecule has 1 aromatic heterocycles. The van der Waals surface area contributed by atoms with Crippen LogP contribution >= 0.6 is 0 Å². The highest BCUT2D eigenvalue weighted by Crippen LogP contribution is 2.16. The molecule has 0 bridgehead atoms. The van der Waals surface area contributed by atoms with E-state index in [4.69, 9.17) is 0 Å². The second-order valence-electron chi connectivity index (χ2n) is 5.91. The van der Waals surface area contributed by atoms with Crippen molar-refractivity contribution in [3.05, 3.63) is 54.2 Å². The van der Waals surface area contributed by atoms with Gasteiger partial charge in [0, 0.05) is 25.3 Å². The number of hydrogen-bond donors (Lipinski definition) is 1. The highest BCUT2D eigenvalue weighted by molar-refractivity contribution is 5.37. The van der Waals surface area contributed by atoms with Crippen LogP contribution in [-0.2, 0) is 6.42 Å². The third-order valence-corrected chi connectivity index (χ3v) is 4.22. The first-order valence-electron chi connectivity index (χ1n) is 8.22. The van der Waals surface area contributed by atoms with Gasteiger partial charge in [0.05, 0.1) is 0 Å². The summed E-state index contributed by atoms with van der Waals surface area (Å²) < 4.78 is 0. The summed E-state index contributed by atoms with van der Waals surface area (Å²) >= 11 is 0. The van der Waals surface area contributed by atoms with Crippen molar-refractivity contribution in [3.8, 4) is 0 Å². The van der Waals surface area contributed by atoms with Crippen LogP contribution < -0.4 is 10.2 Å². The lowest BCUT2D eigenvalue weighted by Gasteiger charge is -2.33. The molecule has 0 aliphatic carbocycles. The van der Waals surface area contributed by atoms with E-state index in [-0.39, 0.29) is 0 Å². The molecule has 22 heavy (non-hydrogen) atoms. The standard InChI is InChI=1S/C18H24N4/c1-2-7-16(8-3-1)9-4-12-19-17-10-6-14-22(15-17)18-11-5-13-20-21-18/h1-3,5,7-8,11,13,17,19H,4,6,9-10,12,14-15H2/t17-/m1/s1. The maximum Gasteiger partial charge on any atom is 0.151 e. The minimum absolute atomic E-state index is 0.562. The predicted octanol–water partition coefficient (Wildman–Crippen LogP) is 2.67. The van der Waals surface area contributed by atoms with Crippen molar-refractivity contribution in [3.63, 3.8) is 0 Å². The minimum Gasteiger partial charge on any atom is -0.354 e. The Hall–Kier alpha value is -1.94. The van der Waals surface area contributed by atoms with Crippen LogP contribution in [0.1, 0.15) is 24.8 Å². The van der Waals surface area contributed by atoms with Crippen LogP contribution in [0.5, 0.6) is 0 Å². The van der Waals surface area contributed by atoms with Crippen LogP contribution in [0.2, 0.25) is 0 Å². The highest BCUT2D eigenvalue weighted by atomic mass is 15.3. The Morgan fingerprint density at radius 1 is 1.14 bits per heavy atom. The molecule has 2 aromatic rings. The number of benzene rings is 1. The first-order chi connectivity index (χ1) is 10.9. The summed E-state index contributed by atoms with van der Waals surface area (Å²) in [5, 5.41) is 11.9. The van der Waals surface area contributed by atoms with E-state index in [1.807, 2.05) is 12.1 Å². The average Bonchev–Trinajstić information content (AvgIpc) is 2.61. The SMILES string of the molecule is c1ccc(CCCN[C@@H]2CCCN(c3cccnn3)C2)cc1. The maximum absolute atomic E-state index is 4.22. The zero-order valence-electron chi connectivity index (χ0n) is 13.0. The van der Waals surface area contributed by atoms with Crippen LogP contribution in [-0.4, -0.2) is 35.9 Å². The number of nitrogens with one attached hydrogen (secondary N) is 1. The number of aryl methyl sites for hydroxylation is 1. The zero-order chi connectivity index (χ0) is 15.0. The molecule has 4 nitrogen and oxygen atoms in total. The van der Waals surface area contributed by atoms with Gasteiger partial charge in [-0.15, -0.1) is 5.10 Å². The largest absolute Gasteiger partial charge is 0.354 e. The average molecular weight is 296 g/mol. The van der Waals surface area contributed by atoms with Crippen molar-refractivity contribution in [1.82, 2.24) is 15.5 Å². The predicted molar refractivity (Wildman–Crippen MR) is 90.0 cm³/mol. The van der Waals surface area contributed by atoms with Crippen LogP contribution in [0.3, 0.4) is 0 Å². The lowest BCUT2D eigenvalue weighted by molar-refractivity contribution is 0.418. The van der Waals surface area contributed by atoms with Gasteiger partial charge in [0.2, 0.25) is 0 Å². The molecule has 4 heteroatoms. The first-order valence-corrected chi connectivity index (χ1v) is 8.22. The Balaban J connectivity index is 1.41. The summed E-state index contributed by atoms with van der Waals surface area (Å²) in [6.45, 7) is 3.19. The number of anilines is 1. The quantitative estimate of drug-likeness (QED) is 0.832. The van der Waals surface area contributed by atoms with Gasteiger partial charge in [-0.3, -0.25) is 0 Å². The van der Waals surface area contributed by atoms with Gasteiger partial charge in [0.15, 0.2) is 5.82 Å². The molecule has 0 unspecified atom stereocenters. The fraction of sp³-hybridized carbons (Fsp3) is 0.444. The Bertz CT molecular complexity index is 544. The number of hydrogen-bond acceptors (Lipinski definition) is 4. The van der Waals surface area contributed by atoms with Gasteiger partial charge >= 0.3 is 0 Å². The van der Waals surface area contributed by atoms with E-state index in [2.05, 4.69) is 50.7 Å². The van der Waals surface area contributed by atoms with Crippen LogP contribution in [0.15, 0.2) is 48.7 Å². The molecular weight excluding hydrogens is 272 g/mol. The first kappa shape index (κ1) is 15.0. The summed E-state index contributed by atoms with van der Waals surface area (Å²) in [4.78, 5) is 2.34. The summed E-state index contributed by atoms with van der Waals surface area (Å²) in [5.41, 5.74) is 1.43. The second kappa shape index (κ2) is 7.90. The van der Waals surface area contributed by atoms with E-state index in [9.17, 15) is 0 Å². The molecular formula is C18H24N4. The molecule has 3 rings (SSSR count). The molecule has 1 atom stereocenters. The molecule has 1 aliphatic heterocycles. The molecule has 0 radical (unpaired) electrons. The van der Waals surface area contributed by atoms with Gasteiger partial charge in [-0.2, -0.15) is 5.10 Å². The molecule has 116 valence electrons.